The Hall–Kier alpha value is -2.11. The number of carbonyl (C=O) groups excluding carboxylic acids is 1. The van der Waals surface area contributed by atoms with Gasteiger partial charge in [0, 0.05) is 38.3 Å². The highest BCUT2D eigenvalue weighted by atomic mass is 16.5. The van der Waals surface area contributed by atoms with Crippen LogP contribution in [0, 0.1) is 0 Å². The summed E-state index contributed by atoms with van der Waals surface area (Å²) in [4.78, 5) is 16.8. The van der Waals surface area contributed by atoms with Crippen LogP contribution in [0.5, 0.6) is 0 Å². The molecular weight excluding hydrogens is 328 g/mol. The number of furan rings is 1. The summed E-state index contributed by atoms with van der Waals surface area (Å²) >= 11 is 0. The average Bonchev–Trinajstić information content (AvgIpc) is 3.18. The Bertz CT molecular complexity index is 714. The van der Waals surface area contributed by atoms with E-state index in [2.05, 4.69) is 17.0 Å². The van der Waals surface area contributed by atoms with Crippen LogP contribution in [-0.4, -0.2) is 48.5 Å². The lowest BCUT2D eigenvalue weighted by Gasteiger charge is -2.34. The van der Waals surface area contributed by atoms with Gasteiger partial charge in [-0.2, -0.15) is 0 Å². The van der Waals surface area contributed by atoms with Crippen molar-refractivity contribution in [2.75, 3.05) is 32.8 Å². The van der Waals surface area contributed by atoms with Crippen LogP contribution < -0.4 is 0 Å². The summed E-state index contributed by atoms with van der Waals surface area (Å²) in [6, 6.07) is 13.6. The van der Waals surface area contributed by atoms with Gasteiger partial charge in [-0.05, 0) is 43.5 Å². The molecule has 0 unspecified atom stereocenters. The summed E-state index contributed by atoms with van der Waals surface area (Å²) in [7, 11) is 0. The van der Waals surface area contributed by atoms with E-state index in [9.17, 15) is 4.79 Å². The molecule has 3 heterocycles. The van der Waals surface area contributed by atoms with Crippen molar-refractivity contribution in [2.24, 2.45) is 0 Å². The summed E-state index contributed by atoms with van der Waals surface area (Å²) in [5.74, 6) is 2.06. The fraction of sp³-hybridized carbons (Fsp3) is 0.476. The zero-order valence-corrected chi connectivity index (χ0v) is 15.1. The Labute approximate surface area is 154 Å². The van der Waals surface area contributed by atoms with E-state index in [0.717, 1.165) is 69.3 Å². The van der Waals surface area contributed by atoms with E-state index >= 15 is 0 Å². The molecule has 1 amide bonds. The number of hydrogen-bond donors (Lipinski definition) is 0. The summed E-state index contributed by atoms with van der Waals surface area (Å²) in [5, 5.41) is 0. The largest absolute Gasteiger partial charge is 0.462 e. The van der Waals surface area contributed by atoms with E-state index in [4.69, 9.17) is 9.15 Å². The Balaban J connectivity index is 1.29. The molecule has 5 nitrogen and oxygen atoms in total. The fourth-order valence-electron chi connectivity index (χ4n) is 3.71. The van der Waals surface area contributed by atoms with Gasteiger partial charge in [-0.3, -0.25) is 9.69 Å². The molecule has 2 fully saturated rings. The quantitative estimate of drug-likeness (QED) is 0.843. The van der Waals surface area contributed by atoms with Crippen molar-refractivity contribution >= 4 is 5.91 Å². The van der Waals surface area contributed by atoms with E-state index in [-0.39, 0.29) is 12.0 Å². The number of nitrogens with zero attached hydrogens (tertiary/aromatic N) is 2. The molecule has 4 rings (SSSR count). The predicted octanol–water partition coefficient (Wildman–Crippen LogP) is 3.48. The van der Waals surface area contributed by atoms with Crippen LogP contribution in [0.15, 0.2) is 46.9 Å². The average molecular weight is 354 g/mol. The summed E-state index contributed by atoms with van der Waals surface area (Å²) in [6.07, 6.45) is 3.53. The highest BCUT2D eigenvalue weighted by Crippen LogP contribution is 2.29. The van der Waals surface area contributed by atoms with Crippen molar-refractivity contribution < 1.29 is 13.9 Å². The molecule has 5 heteroatoms. The highest BCUT2D eigenvalue weighted by molar-refractivity contribution is 5.94. The third-order valence-corrected chi connectivity index (χ3v) is 5.24. The number of amides is 1. The zero-order chi connectivity index (χ0) is 17.8. The standard InChI is InChI=1S/C21H26N2O3/c24-21(17-6-2-1-3-7-17)23-13-11-22(12-14-23)16-18-9-10-20(26-18)19-8-4-5-15-25-19/h1-3,6-7,9-10,19H,4-5,8,11-16H2/t19-/m0/s1. The zero-order valence-electron chi connectivity index (χ0n) is 15.1. The summed E-state index contributed by atoms with van der Waals surface area (Å²) in [5.41, 5.74) is 0.768. The molecule has 1 aromatic heterocycles. The molecule has 1 aromatic carbocycles. The van der Waals surface area contributed by atoms with Crippen molar-refractivity contribution in [3.63, 3.8) is 0 Å². The topological polar surface area (TPSA) is 45.9 Å². The lowest BCUT2D eigenvalue weighted by Crippen LogP contribution is -2.48. The second kappa shape index (κ2) is 8.06. The monoisotopic (exact) mass is 354 g/mol. The molecule has 0 aliphatic carbocycles. The molecule has 0 saturated carbocycles. The Morgan fingerprint density at radius 2 is 1.81 bits per heavy atom. The van der Waals surface area contributed by atoms with Gasteiger partial charge >= 0.3 is 0 Å². The van der Waals surface area contributed by atoms with Crippen molar-refractivity contribution in [1.29, 1.82) is 0 Å². The Kier molecular flexibility index (Phi) is 5.37. The molecule has 138 valence electrons. The number of rotatable bonds is 4. The summed E-state index contributed by atoms with van der Waals surface area (Å²) in [6.45, 7) is 4.88. The smallest absolute Gasteiger partial charge is 0.253 e. The van der Waals surface area contributed by atoms with E-state index in [1.807, 2.05) is 35.2 Å². The maximum absolute atomic E-state index is 12.5. The van der Waals surface area contributed by atoms with E-state index in [1.165, 1.54) is 6.42 Å². The minimum atomic E-state index is 0.123. The molecule has 0 bridgehead atoms. The van der Waals surface area contributed by atoms with Crippen LogP contribution >= 0.6 is 0 Å². The van der Waals surface area contributed by atoms with Crippen LogP contribution in [0.3, 0.4) is 0 Å². The minimum Gasteiger partial charge on any atom is -0.462 e. The molecule has 0 spiro atoms. The van der Waals surface area contributed by atoms with Crippen LogP contribution in [0.25, 0.3) is 0 Å². The predicted molar refractivity (Wildman–Crippen MR) is 98.9 cm³/mol. The third kappa shape index (κ3) is 4.00. The highest BCUT2D eigenvalue weighted by Gasteiger charge is 2.24. The first-order valence-electron chi connectivity index (χ1n) is 9.56. The van der Waals surface area contributed by atoms with Gasteiger partial charge in [-0.15, -0.1) is 0 Å². The van der Waals surface area contributed by atoms with Gasteiger partial charge in [0.05, 0.1) is 6.54 Å². The van der Waals surface area contributed by atoms with Gasteiger partial charge in [0.1, 0.15) is 17.6 Å². The molecule has 2 aliphatic rings. The third-order valence-electron chi connectivity index (χ3n) is 5.24. The number of hydrogen-bond acceptors (Lipinski definition) is 4. The Morgan fingerprint density at radius 1 is 1.00 bits per heavy atom. The van der Waals surface area contributed by atoms with Gasteiger partial charge in [0.2, 0.25) is 0 Å². The van der Waals surface area contributed by atoms with Crippen molar-refractivity contribution in [3.8, 4) is 0 Å². The van der Waals surface area contributed by atoms with Crippen molar-refractivity contribution in [2.45, 2.75) is 31.9 Å². The van der Waals surface area contributed by atoms with Gasteiger partial charge in [-0.1, -0.05) is 18.2 Å². The van der Waals surface area contributed by atoms with E-state index in [1.54, 1.807) is 0 Å². The normalized spacial score (nSPS) is 21.7. The molecule has 2 aliphatic heterocycles. The van der Waals surface area contributed by atoms with Gasteiger partial charge < -0.3 is 14.1 Å². The first-order valence-corrected chi connectivity index (χ1v) is 9.56. The molecular formula is C21H26N2O3. The first kappa shape index (κ1) is 17.3. The first-order chi connectivity index (χ1) is 12.8. The van der Waals surface area contributed by atoms with Crippen molar-refractivity contribution in [1.82, 2.24) is 9.80 Å². The van der Waals surface area contributed by atoms with Gasteiger partial charge in [-0.25, -0.2) is 0 Å². The maximum atomic E-state index is 12.5. The van der Waals surface area contributed by atoms with Crippen LogP contribution in [0.1, 0.15) is 47.2 Å². The van der Waals surface area contributed by atoms with E-state index < -0.39 is 0 Å². The molecule has 1 atom stereocenters. The maximum Gasteiger partial charge on any atom is 0.253 e. The number of ether oxygens (including phenoxy) is 1. The lowest BCUT2D eigenvalue weighted by atomic mass is 10.1. The second-order valence-corrected chi connectivity index (χ2v) is 7.09. The van der Waals surface area contributed by atoms with Crippen LogP contribution in [0.2, 0.25) is 0 Å². The van der Waals surface area contributed by atoms with Crippen molar-refractivity contribution in [3.05, 3.63) is 59.5 Å². The fourth-order valence-corrected chi connectivity index (χ4v) is 3.71. The molecule has 0 N–H and O–H groups in total. The molecule has 2 saturated heterocycles. The molecule has 26 heavy (non-hydrogen) atoms. The number of benzene rings is 1. The number of carbonyl (C=O) groups is 1. The lowest BCUT2D eigenvalue weighted by molar-refractivity contribution is 0.000649. The van der Waals surface area contributed by atoms with Crippen LogP contribution in [-0.2, 0) is 11.3 Å². The van der Waals surface area contributed by atoms with Gasteiger partial charge in [0.15, 0.2) is 0 Å². The van der Waals surface area contributed by atoms with E-state index in [0.29, 0.717) is 0 Å². The second-order valence-electron chi connectivity index (χ2n) is 7.09. The Morgan fingerprint density at radius 3 is 2.54 bits per heavy atom. The molecule has 0 radical (unpaired) electrons. The summed E-state index contributed by atoms with van der Waals surface area (Å²) < 4.78 is 11.8. The van der Waals surface area contributed by atoms with Gasteiger partial charge in [0.25, 0.3) is 5.91 Å². The number of piperazine rings is 1. The molecule has 2 aromatic rings. The SMILES string of the molecule is O=C(c1ccccc1)N1CCN(Cc2ccc([C@@H]3CCCCO3)o2)CC1. The minimum absolute atomic E-state index is 0.123. The van der Waals surface area contributed by atoms with Crippen LogP contribution in [0.4, 0.5) is 0 Å².